The Morgan fingerprint density at radius 3 is 2.59 bits per heavy atom. The molecule has 1 aromatic carbocycles. The van der Waals surface area contributed by atoms with Crippen LogP contribution in [0.25, 0.3) is 0 Å². The van der Waals surface area contributed by atoms with E-state index in [4.69, 9.17) is 0 Å². The molecular formula is C12H12F2O3. The van der Waals surface area contributed by atoms with Gasteiger partial charge in [-0.2, -0.15) is 0 Å². The number of aliphatic hydroxyl groups excluding tert-OH is 1. The normalized spacial score (nSPS) is 18.6. The molecule has 0 aromatic heterocycles. The second-order valence-corrected chi connectivity index (χ2v) is 4.21. The minimum Gasteiger partial charge on any atom is -0.467 e. The molecule has 1 unspecified atom stereocenters. The average molecular weight is 242 g/mol. The molecule has 1 aromatic rings. The molecule has 0 radical (unpaired) electrons. The van der Waals surface area contributed by atoms with Gasteiger partial charge in [0.25, 0.3) is 0 Å². The number of methoxy groups -OCH3 is 1. The number of aliphatic hydroxyl groups is 1. The molecule has 1 saturated carbocycles. The SMILES string of the molecule is COC(=O)C(O)C1(c2ccc(F)cc2F)CC1. The highest BCUT2D eigenvalue weighted by Crippen LogP contribution is 2.52. The molecule has 1 aliphatic rings. The summed E-state index contributed by atoms with van der Waals surface area (Å²) in [6, 6.07) is 3.13. The van der Waals surface area contributed by atoms with Gasteiger partial charge in [-0.15, -0.1) is 0 Å². The summed E-state index contributed by atoms with van der Waals surface area (Å²) in [5.41, 5.74) is -0.790. The quantitative estimate of drug-likeness (QED) is 0.818. The van der Waals surface area contributed by atoms with E-state index in [2.05, 4.69) is 4.74 Å². The zero-order valence-corrected chi connectivity index (χ0v) is 9.24. The Bertz CT molecular complexity index is 455. The molecule has 0 amide bonds. The average Bonchev–Trinajstić information content (AvgIpc) is 3.08. The predicted octanol–water partition coefficient (Wildman–Crippen LogP) is 1.53. The maximum atomic E-state index is 13.6. The van der Waals surface area contributed by atoms with Gasteiger partial charge in [0, 0.05) is 11.5 Å². The van der Waals surface area contributed by atoms with E-state index in [0.29, 0.717) is 12.8 Å². The Balaban J connectivity index is 2.36. The maximum absolute atomic E-state index is 13.6. The van der Waals surface area contributed by atoms with Gasteiger partial charge in [0.05, 0.1) is 7.11 Å². The highest BCUT2D eigenvalue weighted by molar-refractivity contribution is 5.77. The van der Waals surface area contributed by atoms with Gasteiger partial charge in [0.2, 0.25) is 0 Å². The Morgan fingerprint density at radius 2 is 2.12 bits per heavy atom. The molecule has 0 saturated heterocycles. The van der Waals surface area contributed by atoms with Crippen molar-refractivity contribution in [1.29, 1.82) is 0 Å². The Labute approximate surface area is 97.0 Å². The summed E-state index contributed by atoms with van der Waals surface area (Å²) in [5, 5.41) is 9.82. The highest BCUT2D eigenvalue weighted by atomic mass is 19.1. The van der Waals surface area contributed by atoms with Gasteiger partial charge in [-0.3, -0.25) is 0 Å². The molecule has 0 spiro atoms. The van der Waals surface area contributed by atoms with Gasteiger partial charge in [0.15, 0.2) is 6.10 Å². The number of carbonyl (C=O) groups excluding carboxylic acids is 1. The fraction of sp³-hybridized carbons (Fsp3) is 0.417. The van der Waals surface area contributed by atoms with Crippen LogP contribution in [0.1, 0.15) is 18.4 Å². The lowest BCUT2D eigenvalue weighted by molar-refractivity contribution is -0.152. The van der Waals surface area contributed by atoms with Crippen molar-refractivity contribution in [3.05, 3.63) is 35.4 Å². The lowest BCUT2D eigenvalue weighted by Crippen LogP contribution is -2.35. The fourth-order valence-electron chi connectivity index (χ4n) is 2.06. The van der Waals surface area contributed by atoms with Crippen LogP contribution in [0.15, 0.2) is 18.2 Å². The molecule has 1 aliphatic carbocycles. The van der Waals surface area contributed by atoms with Crippen molar-refractivity contribution < 1.29 is 23.4 Å². The third kappa shape index (κ3) is 1.91. The van der Waals surface area contributed by atoms with Crippen LogP contribution in [0.5, 0.6) is 0 Å². The standard InChI is InChI=1S/C12H12F2O3/c1-17-11(16)10(15)12(4-5-12)8-3-2-7(13)6-9(8)14/h2-3,6,10,15H,4-5H2,1H3. The van der Waals surface area contributed by atoms with Crippen LogP contribution < -0.4 is 0 Å². The van der Waals surface area contributed by atoms with Gasteiger partial charge in [0.1, 0.15) is 11.6 Å². The summed E-state index contributed by atoms with van der Waals surface area (Å²) >= 11 is 0. The molecule has 1 fully saturated rings. The second-order valence-electron chi connectivity index (χ2n) is 4.21. The van der Waals surface area contributed by atoms with E-state index >= 15 is 0 Å². The van der Waals surface area contributed by atoms with Gasteiger partial charge in [-0.1, -0.05) is 6.07 Å². The molecule has 3 nitrogen and oxygen atoms in total. The molecule has 1 N–H and O–H groups in total. The number of halogens is 2. The number of rotatable bonds is 3. The van der Waals surface area contributed by atoms with Crippen LogP contribution in [0, 0.1) is 11.6 Å². The maximum Gasteiger partial charge on any atom is 0.335 e. The van der Waals surface area contributed by atoms with E-state index in [-0.39, 0.29) is 5.56 Å². The molecule has 0 aliphatic heterocycles. The Hall–Kier alpha value is -1.49. The number of esters is 1. The Kier molecular flexibility index (Phi) is 2.87. The first-order valence-corrected chi connectivity index (χ1v) is 5.23. The van der Waals surface area contributed by atoms with E-state index < -0.39 is 29.1 Å². The summed E-state index contributed by atoms with van der Waals surface area (Å²) in [6.45, 7) is 0. The van der Waals surface area contributed by atoms with Crippen molar-refractivity contribution in [2.45, 2.75) is 24.4 Å². The summed E-state index contributed by atoms with van der Waals surface area (Å²) < 4.78 is 30.8. The molecule has 92 valence electrons. The first-order chi connectivity index (χ1) is 8.01. The Morgan fingerprint density at radius 1 is 1.47 bits per heavy atom. The smallest absolute Gasteiger partial charge is 0.335 e. The minimum absolute atomic E-state index is 0.164. The van der Waals surface area contributed by atoms with E-state index in [1.54, 1.807) is 0 Å². The van der Waals surface area contributed by atoms with Crippen molar-refractivity contribution >= 4 is 5.97 Å². The van der Waals surface area contributed by atoms with Crippen molar-refractivity contribution in [2.75, 3.05) is 7.11 Å². The lowest BCUT2D eigenvalue weighted by atomic mass is 9.89. The van der Waals surface area contributed by atoms with Gasteiger partial charge in [-0.25, -0.2) is 13.6 Å². The van der Waals surface area contributed by atoms with Crippen LogP contribution in [0.3, 0.4) is 0 Å². The van der Waals surface area contributed by atoms with Crippen LogP contribution >= 0.6 is 0 Å². The largest absolute Gasteiger partial charge is 0.467 e. The predicted molar refractivity (Wildman–Crippen MR) is 55.3 cm³/mol. The molecule has 5 heteroatoms. The van der Waals surface area contributed by atoms with E-state index in [0.717, 1.165) is 19.2 Å². The topological polar surface area (TPSA) is 46.5 Å². The number of carbonyl (C=O) groups is 1. The lowest BCUT2D eigenvalue weighted by Gasteiger charge is -2.21. The fourth-order valence-corrected chi connectivity index (χ4v) is 2.06. The first kappa shape index (κ1) is 12.0. The molecule has 0 bridgehead atoms. The van der Waals surface area contributed by atoms with Gasteiger partial charge in [-0.05, 0) is 24.5 Å². The number of hydrogen-bond donors (Lipinski definition) is 1. The summed E-state index contributed by atoms with van der Waals surface area (Å²) in [5.74, 6) is -2.23. The van der Waals surface area contributed by atoms with Crippen LogP contribution in [-0.2, 0) is 14.9 Å². The van der Waals surface area contributed by atoms with Crippen molar-refractivity contribution in [1.82, 2.24) is 0 Å². The number of ether oxygens (including phenoxy) is 1. The van der Waals surface area contributed by atoms with Crippen LogP contribution in [-0.4, -0.2) is 24.3 Å². The number of benzene rings is 1. The van der Waals surface area contributed by atoms with Crippen molar-refractivity contribution in [3.63, 3.8) is 0 Å². The van der Waals surface area contributed by atoms with Crippen molar-refractivity contribution in [3.8, 4) is 0 Å². The summed E-state index contributed by atoms with van der Waals surface area (Å²) in [7, 11) is 1.16. The van der Waals surface area contributed by atoms with Crippen LogP contribution in [0.2, 0.25) is 0 Å². The third-order valence-electron chi connectivity index (χ3n) is 3.20. The molecule has 17 heavy (non-hydrogen) atoms. The van der Waals surface area contributed by atoms with Crippen molar-refractivity contribution in [2.24, 2.45) is 0 Å². The third-order valence-corrected chi connectivity index (χ3v) is 3.20. The zero-order valence-electron chi connectivity index (χ0n) is 9.24. The zero-order chi connectivity index (χ0) is 12.6. The van der Waals surface area contributed by atoms with Crippen LogP contribution in [0.4, 0.5) is 8.78 Å². The first-order valence-electron chi connectivity index (χ1n) is 5.23. The molecular weight excluding hydrogens is 230 g/mol. The van der Waals surface area contributed by atoms with Gasteiger partial charge >= 0.3 is 5.97 Å². The molecule has 1 atom stereocenters. The number of hydrogen-bond acceptors (Lipinski definition) is 3. The monoisotopic (exact) mass is 242 g/mol. The van der Waals surface area contributed by atoms with Gasteiger partial charge < -0.3 is 9.84 Å². The summed E-state index contributed by atoms with van der Waals surface area (Å²) in [6.07, 6.45) is -0.454. The van der Waals surface area contributed by atoms with E-state index in [1.807, 2.05) is 0 Å². The van der Waals surface area contributed by atoms with E-state index in [1.165, 1.54) is 6.07 Å². The highest BCUT2D eigenvalue weighted by Gasteiger charge is 2.55. The second kappa shape index (κ2) is 4.07. The minimum atomic E-state index is -1.41. The van der Waals surface area contributed by atoms with E-state index in [9.17, 15) is 18.7 Å². The molecule has 0 heterocycles. The summed E-state index contributed by atoms with van der Waals surface area (Å²) in [4.78, 5) is 11.3. The molecule has 2 rings (SSSR count).